The number of carbonyl (C=O) groups excluding carboxylic acids is 1. The van der Waals surface area contributed by atoms with Crippen molar-refractivity contribution >= 4 is 17.5 Å². The summed E-state index contributed by atoms with van der Waals surface area (Å²) in [4.78, 5) is 11.1. The number of hydrogen-bond acceptors (Lipinski definition) is 3. The molecule has 1 amide bonds. The molecule has 0 saturated heterocycles. The third kappa shape index (κ3) is 5.17. The highest BCUT2D eigenvalue weighted by Crippen LogP contribution is 2.15. The van der Waals surface area contributed by atoms with Crippen LogP contribution in [0.3, 0.4) is 0 Å². The predicted octanol–water partition coefficient (Wildman–Crippen LogP) is 1.10. The number of nitrogens with one attached hydrogen (secondary N) is 2. The Balaban J connectivity index is 2.32. The van der Waals surface area contributed by atoms with E-state index in [0.717, 1.165) is 5.56 Å². The fourth-order valence-electron chi connectivity index (χ4n) is 1.38. The van der Waals surface area contributed by atoms with Gasteiger partial charge in [0.05, 0.1) is 12.6 Å². The van der Waals surface area contributed by atoms with Crippen LogP contribution >= 0.6 is 11.6 Å². The number of likely N-dealkylation sites (N-methyl/N-ethyl adjacent to an activating group) is 1. The molecule has 4 nitrogen and oxygen atoms in total. The second kappa shape index (κ2) is 7.27. The fourth-order valence-corrected chi connectivity index (χ4v) is 1.51. The normalized spacial score (nSPS) is 12.2. The van der Waals surface area contributed by atoms with Gasteiger partial charge in [-0.1, -0.05) is 23.7 Å². The maximum atomic E-state index is 11.1. The Kier molecular flexibility index (Phi) is 5.97. The first-order valence-electron chi connectivity index (χ1n) is 5.54. The number of aliphatic hydroxyl groups excluding tert-OH is 1. The number of halogens is 1. The number of hydrogen-bond donors (Lipinski definition) is 3. The molecule has 0 saturated carbocycles. The number of benzene rings is 1. The average Bonchev–Trinajstić information content (AvgIpc) is 2.30. The van der Waals surface area contributed by atoms with Crippen LogP contribution in [-0.2, 0) is 4.79 Å². The molecular formula is C12H17ClN2O2. The predicted molar refractivity (Wildman–Crippen MR) is 68.0 cm³/mol. The average molecular weight is 257 g/mol. The quantitative estimate of drug-likeness (QED) is 0.714. The summed E-state index contributed by atoms with van der Waals surface area (Å²) in [5.74, 6) is -0.0733. The van der Waals surface area contributed by atoms with Gasteiger partial charge in [-0.2, -0.15) is 0 Å². The largest absolute Gasteiger partial charge is 0.387 e. The number of rotatable bonds is 6. The van der Waals surface area contributed by atoms with Crippen LogP contribution in [0, 0.1) is 0 Å². The number of aliphatic hydroxyl groups is 1. The first-order chi connectivity index (χ1) is 8.13. The second-order valence-electron chi connectivity index (χ2n) is 3.65. The van der Waals surface area contributed by atoms with Crippen molar-refractivity contribution < 1.29 is 9.90 Å². The molecule has 0 aliphatic carbocycles. The van der Waals surface area contributed by atoms with E-state index < -0.39 is 6.10 Å². The molecule has 1 aromatic rings. The Labute approximate surface area is 106 Å². The Hall–Kier alpha value is -1.10. The monoisotopic (exact) mass is 256 g/mol. The molecule has 0 heterocycles. The van der Waals surface area contributed by atoms with Crippen molar-refractivity contribution in [2.75, 3.05) is 19.6 Å². The molecule has 1 rings (SSSR count). The van der Waals surface area contributed by atoms with Gasteiger partial charge in [-0.3, -0.25) is 4.79 Å². The first kappa shape index (κ1) is 14.0. The Bertz CT molecular complexity index is 354. The summed E-state index contributed by atoms with van der Waals surface area (Å²) in [7, 11) is 0. The minimum atomic E-state index is -0.637. The molecule has 0 radical (unpaired) electrons. The molecule has 1 aromatic carbocycles. The molecule has 17 heavy (non-hydrogen) atoms. The number of carbonyl (C=O) groups is 1. The van der Waals surface area contributed by atoms with Gasteiger partial charge in [0.1, 0.15) is 0 Å². The molecular weight excluding hydrogens is 240 g/mol. The topological polar surface area (TPSA) is 61.4 Å². The van der Waals surface area contributed by atoms with E-state index in [9.17, 15) is 9.90 Å². The van der Waals surface area contributed by atoms with Gasteiger partial charge in [-0.25, -0.2) is 0 Å². The van der Waals surface area contributed by atoms with E-state index in [0.29, 0.717) is 18.1 Å². The van der Waals surface area contributed by atoms with Crippen LogP contribution in [0.25, 0.3) is 0 Å². The van der Waals surface area contributed by atoms with Gasteiger partial charge in [0.2, 0.25) is 5.91 Å². The zero-order valence-electron chi connectivity index (χ0n) is 9.74. The third-order valence-electron chi connectivity index (χ3n) is 2.25. The van der Waals surface area contributed by atoms with Crippen molar-refractivity contribution in [3.8, 4) is 0 Å². The molecule has 0 aliphatic heterocycles. The van der Waals surface area contributed by atoms with Gasteiger partial charge in [0, 0.05) is 18.1 Å². The van der Waals surface area contributed by atoms with Crippen molar-refractivity contribution in [3.05, 3.63) is 34.9 Å². The van der Waals surface area contributed by atoms with Gasteiger partial charge in [0.15, 0.2) is 0 Å². The zero-order valence-corrected chi connectivity index (χ0v) is 10.5. The second-order valence-corrected chi connectivity index (χ2v) is 4.09. The van der Waals surface area contributed by atoms with Crippen molar-refractivity contribution in [3.63, 3.8) is 0 Å². The van der Waals surface area contributed by atoms with Crippen LogP contribution in [0.2, 0.25) is 5.02 Å². The fraction of sp³-hybridized carbons (Fsp3) is 0.417. The lowest BCUT2D eigenvalue weighted by molar-refractivity contribution is -0.120. The summed E-state index contributed by atoms with van der Waals surface area (Å²) in [5.41, 5.74) is 0.776. The summed E-state index contributed by atoms with van der Waals surface area (Å²) >= 11 is 5.75. The maximum absolute atomic E-state index is 11.1. The molecule has 3 N–H and O–H groups in total. The van der Waals surface area contributed by atoms with Gasteiger partial charge in [-0.15, -0.1) is 0 Å². The molecule has 0 aliphatic rings. The standard InChI is InChI=1S/C12H17ClN2O2/c1-2-15-12(17)8-14-7-11(16)9-3-5-10(13)6-4-9/h3-6,11,14,16H,2,7-8H2,1H3,(H,15,17). The lowest BCUT2D eigenvalue weighted by atomic mass is 10.1. The molecule has 5 heteroatoms. The minimum Gasteiger partial charge on any atom is -0.387 e. The Morgan fingerprint density at radius 2 is 2.06 bits per heavy atom. The SMILES string of the molecule is CCNC(=O)CNCC(O)c1ccc(Cl)cc1. The van der Waals surface area contributed by atoms with Crippen LogP contribution in [0.15, 0.2) is 24.3 Å². The molecule has 0 fully saturated rings. The van der Waals surface area contributed by atoms with E-state index in [2.05, 4.69) is 10.6 Å². The highest BCUT2D eigenvalue weighted by atomic mass is 35.5. The summed E-state index contributed by atoms with van der Waals surface area (Å²) in [6, 6.07) is 6.98. The Morgan fingerprint density at radius 1 is 1.41 bits per heavy atom. The van der Waals surface area contributed by atoms with E-state index in [4.69, 9.17) is 11.6 Å². The summed E-state index contributed by atoms with van der Waals surface area (Å²) in [6.45, 7) is 3.01. The number of amides is 1. The maximum Gasteiger partial charge on any atom is 0.233 e. The lowest BCUT2D eigenvalue weighted by Gasteiger charge is -2.12. The van der Waals surface area contributed by atoms with Crippen LogP contribution in [0.4, 0.5) is 0 Å². The summed E-state index contributed by atoms with van der Waals surface area (Å²) in [6.07, 6.45) is -0.637. The minimum absolute atomic E-state index is 0.0733. The van der Waals surface area contributed by atoms with Crippen molar-refractivity contribution in [2.24, 2.45) is 0 Å². The van der Waals surface area contributed by atoms with Crippen LogP contribution in [0.5, 0.6) is 0 Å². The summed E-state index contributed by atoms with van der Waals surface area (Å²) in [5, 5.41) is 16.0. The zero-order chi connectivity index (χ0) is 12.7. The van der Waals surface area contributed by atoms with E-state index in [-0.39, 0.29) is 12.5 Å². The van der Waals surface area contributed by atoms with Gasteiger partial charge < -0.3 is 15.7 Å². The van der Waals surface area contributed by atoms with Crippen molar-refractivity contribution in [1.82, 2.24) is 10.6 Å². The highest BCUT2D eigenvalue weighted by molar-refractivity contribution is 6.30. The molecule has 0 bridgehead atoms. The molecule has 1 atom stereocenters. The van der Waals surface area contributed by atoms with Crippen LogP contribution in [-0.4, -0.2) is 30.6 Å². The molecule has 1 unspecified atom stereocenters. The van der Waals surface area contributed by atoms with Gasteiger partial charge in [0.25, 0.3) is 0 Å². The van der Waals surface area contributed by atoms with Crippen molar-refractivity contribution in [1.29, 1.82) is 0 Å². The van der Waals surface area contributed by atoms with E-state index in [1.165, 1.54) is 0 Å². The smallest absolute Gasteiger partial charge is 0.233 e. The van der Waals surface area contributed by atoms with E-state index in [1.54, 1.807) is 24.3 Å². The van der Waals surface area contributed by atoms with Gasteiger partial charge >= 0.3 is 0 Å². The van der Waals surface area contributed by atoms with E-state index >= 15 is 0 Å². The van der Waals surface area contributed by atoms with Crippen LogP contribution in [0.1, 0.15) is 18.6 Å². The van der Waals surface area contributed by atoms with E-state index in [1.807, 2.05) is 6.92 Å². The van der Waals surface area contributed by atoms with Crippen LogP contribution < -0.4 is 10.6 Å². The molecule has 0 aromatic heterocycles. The summed E-state index contributed by atoms with van der Waals surface area (Å²) < 4.78 is 0. The molecule has 0 spiro atoms. The first-order valence-corrected chi connectivity index (χ1v) is 5.92. The highest BCUT2D eigenvalue weighted by Gasteiger charge is 2.07. The van der Waals surface area contributed by atoms with Gasteiger partial charge in [-0.05, 0) is 24.6 Å². The van der Waals surface area contributed by atoms with Crippen molar-refractivity contribution in [2.45, 2.75) is 13.0 Å². The Morgan fingerprint density at radius 3 is 2.65 bits per heavy atom. The third-order valence-corrected chi connectivity index (χ3v) is 2.50. The molecule has 94 valence electrons. The lowest BCUT2D eigenvalue weighted by Crippen LogP contribution is -2.35.